The van der Waals surface area contributed by atoms with Crippen LogP contribution in [-0.2, 0) is 6.42 Å². The monoisotopic (exact) mass is 250 g/mol. The lowest BCUT2D eigenvalue weighted by Gasteiger charge is -2.41. The van der Waals surface area contributed by atoms with Crippen LogP contribution in [0.1, 0.15) is 19.4 Å². The summed E-state index contributed by atoms with van der Waals surface area (Å²) in [6, 6.07) is 1.58. The molecule has 4 nitrogen and oxygen atoms in total. The zero-order chi connectivity index (χ0) is 12.8. The maximum Gasteiger partial charge on any atom is 0.216 e. The van der Waals surface area contributed by atoms with Crippen LogP contribution in [0.5, 0.6) is 0 Å². The maximum absolute atomic E-state index is 13.6. The van der Waals surface area contributed by atoms with Crippen LogP contribution in [0.15, 0.2) is 6.07 Å². The standard InChI is InChI=1S/C13H19FN4/c1-13(2)8-18(6-5-16-13)10-7-11(14)17-12-9(10)3-4-15-12/h7,16H,3-6,8H2,1-2H3,(H,15,17). The second-order valence-electron chi connectivity index (χ2n) is 5.70. The summed E-state index contributed by atoms with van der Waals surface area (Å²) < 4.78 is 13.6. The minimum Gasteiger partial charge on any atom is -0.369 e. The number of piperazine rings is 1. The zero-order valence-electron chi connectivity index (χ0n) is 10.9. The van der Waals surface area contributed by atoms with Crippen molar-refractivity contribution in [3.63, 3.8) is 0 Å². The molecule has 5 heteroatoms. The number of pyridine rings is 1. The molecule has 1 aromatic rings. The van der Waals surface area contributed by atoms with Gasteiger partial charge in [0.1, 0.15) is 5.82 Å². The van der Waals surface area contributed by atoms with E-state index < -0.39 is 5.95 Å². The molecule has 0 atom stereocenters. The van der Waals surface area contributed by atoms with Crippen molar-refractivity contribution in [1.82, 2.24) is 10.3 Å². The van der Waals surface area contributed by atoms with E-state index in [-0.39, 0.29) is 5.54 Å². The number of anilines is 2. The average Bonchev–Trinajstić information content (AvgIpc) is 2.74. The minimum absolute atomic E-state index is 0.0664. The summed E-state index contributed by atoms with van der Waals surface area (Å²) in [5, 5.41) is 6.62. The van der Waals surface area contributed by atoms with Gasteiger partial charge in [0.15, 0.2) is 0 Å². The molecule has 3 heterocycles. The molecule has 18 heavy (non-hydrogen) atoms. The fourth-order valence-electron chi connectivity index (χ4n) is 2.86. The Balaban J connectivity index is 1.97. The zero-order valence-corrected chi connectivity index (χ0v) is 10.9. The number of nitrogens with one attached hydrogen (secondary N) is 2. The fraction of sp³-hybridized carbons (Fsp3) is 0.615. The lowest BCUT2D eigenvalue weighted by molar-refractivity contribution is 0.352. The van der Waals surface area contributed by atoms with Crippen LogP contribution in [0.2, 0.25) is 0 Å². The molecule has 0 bridgehead atoms. The first-order chi connectivity index (χ1) is 8.55. The Bertz CT molecular complexity index is 472. The van der Waals surface area contributed by atoms with E-state index in [2.05, 4.69) is 34.4 Å². The summed E-state index contributed by atoms with van der Waals surface area (Å²) in [5.41, 5.74) is 2.24. The SMILES string of the molecule is CC1(C)CN(c2cc(F)nc3c2CCN3)CCN1. The molecule has 3 rings (SSSR count). The summed E-state index contributed by atoms with van der Waals surface area (Å²) in [7, 11) is 0. The van der Waals surface area contributed by atoms with Crippen molar-refractivity contribution in [3.05, 3.63) is 17.6 Å². The molecule has 2 N–H and O–H groups in total. The summed E-state index contributed by atoms with van der Waals surface area (Å²) in [6.45, 7) is 7.94. The number of halogens is 1. The third-order valence-electron chi connectivity index (χ3n) is 3.65. The van der Waals surface area contributed by atoms with Crippen LogP contribution in [0.3, 0.4) is 0 Å². The molecule has 1 aromatic heterocycles. The molecule has 2 aliphatic rings. The van der Waals surface area contributed by atoms with E-state index in [4.69, 9.17) is 0 Å². The van der Waals surface area contributed by atoms with Gasteiger partial charge in [-0.2, -0.15) is 4.39 Å². The fourth-order valence-corrected chi connectivity index (χ4v) is 2.86. The largest absolute Gasteiger partial charge is 0.369 e. The molecule has 0 radical (unpaired) electrons. The van der Waals surface area contributed by atoms with Gasteiger partial charge in [-0.15, -0.1) is 0 Å². The highest BCUT2D eigenvalue weighted by Crippen LogP contribution is 2.32. The minimum atomic E-state index is -0.394. The molecule has 2 aliphatic heterocycles. The Hall–Kier alpha value is -1.36. The summed E-state index contributed by atoms with van der Waals surface area (Å²) >= 11 is 0. The summed E-state index contributed by atoms with van der Waals surface area (Å²) in [4.78, 5) is 6.20. The Morgan fingerprint density at radius 2 is 2.22 bits per heavy atom. The molecule has 98 valence electrons. The van der Waals surface area contributed by atoms with E-state index in [9.17, 15) is 4.39 Å². The van der Waals surface area contributed by atoms with Gasteiger partial charge in [-0.1, -0.05) is 0 Å². The van der Waals surface area contributed by atoms with Crippen LogP contribution < -0.4 is 15.5 Å². The number of hydrogen-bond acceptors (Lipinski definition) is 4. The number of hydrogen-bond donors (Lipinski definition) is 2. The molecule has 0 amide bonds. The van der Waals surface area contributed by atoms with Gasteiger partial charge in [0.25, 0.3) is 0 Å². The van der Waals surface area contributed by atoms with E-state index in [1.54, 1.807) is 6.07 Å². The van der Waals surface area contributed by atoms with Gasteiger partial charge in [0.2, 0.25) is 5.95 Å². The van der Waals surface area contributed by atoms with Crippen molar-refractivity contribution >= 4 is 11.5 Å². The Labute approximate surface area is 107 Å². The summed E-state index contributed by atoms with van der Waals surface area (Å²) in [6.07, 6.45) is 0.933. The second-order valence-corrected chi connectivity index (χ2v) is 5.70. The quantitative estimate of drug-likeness (QED) is 0.739. The number of rotatable bonds is 1. The average molecular weight is 250 g/mol. The van der Waals surface area contributed by atoms with Crippen LogP contribution in [0.25, 0.3) is 0 Å². The Morgan fingerprint density at radius 1 is 1.39 bits per heavy atom. The Morgan fingerprint density at radius 3 is 3.00 bits per heavy atom. The molecule has 1 saturated heterocycles. The number of fused-ring (bicyclic) bond motifs is 1. The highest BCUT2D eigenvalue weighted by molar-refractivity contribution is 5.66. The number of nitrogens with zero attached hydrogens (tertiary/aromatic N) is 2. The van der Waals surface area contributed by atoms with Crippen molar-refractivity contribution in [2.75, 3.05) is 36.4 Å². The molecule has 0 saturated carbocycles. The lowest BCUT2D eigenvalue weighted by atomic mass is 10.0. The first kappa shape index (κ1) is 11.7. The predicted molar refractivity (Wildman–Crippen MR) is 70.7 cm³/mol. The van der Waals surface area contributed by atoms with Gasteiger partial charge in [0.05, 0.1) is 0 Å². The molecular weight excluding hydrogens is 231 g/mol. The van der Waals surface area contributed by atoms with Gasteiger partial charge in [-0.3, -0.25) is 0 Å². The maximum atomic E-state index is 13.6. The van der Waals surface area contributed by atoms with Crippen LogP contribution >= 0.6 is 0 Å². The third-order valence-corrected chi connectivity index (χ3v) is 3.65. The third kappa shape index (κ3) is 2.03. The van der Waals surface area contributed by atoms with E-state index in [0.717, 1.165) is 49.7 Å². The topological polar surface area (TPSA) is 40.2 Å². The normalized spacial score (nSPS) is 21.6. The highest BCUT2D eigenvalue weighted by atomic mass is 19.1. The lowest BCUT2D eigenvalue weighted by Crippen LogP contribution is -2.57. The van der Waals surface area contributed by atoms with E-state index >= 15 is 0 Å². The smallest absolute Gasteiger partial charge is 0.216 e. The molecule has 0 unspecified atom stereocenters. The molecular formula is C13H19FN4. The van der Waals surface area contributed by atoms with E-state index in [1.807, 2.05) is 0 Å². The Kier molecular flexibility index (Phi) is 2.66. The van der Waals surface area contributed by atoms with Crippen LogP contribution in [-0.4, -0.2) is 36.7 Å². The van der Waals surface area contributed by atoms with Gasteiger partial charge in [-0.05, 0) is 20.3 Å². The van der Waals surface area contributed by atoms with Crippen molar-refractivity contribution in [2.24, 2.45) is 0 Å². The van der Waals surface area contributed by atoms with Crippen LogP contribution in [0, 0.1) is 5.95 Å². The summed E-state index contributed by atoms with van der Waals surface area (Å²) in [5.74, 6) is 0.329. The predicted octanol–water partition coefficient (Wildman–Crippen LogP) is 1.38. The van der Waals surface area contributed by atoms with Crippen molar-refractivity contribution in [3.8, 4) is 0 Å². The van der Waals surface area contributed by atoms with Gasteiger partial charge in [0, 0.05) is 49.0 Å². The van der Waals surface area contributed by atoms with E-state index in [1.165, 1.54) is 0 Å². The second kappa shape index (κ2) is 4.09. The molecule has 1 fully saturated rings. The van der Waals surface area contributed by atoms with E-state index in [0.29, 0.717) is 0 Å². The van der Waals surface area contributed by atoms with Crippen molar-refractivity contribution < 1.29 is 4.39 Å². The van der Waals surface area contributed by atoms with Gasteiger partial charge < -0.3 is 15.5 Å². The van der Waals surface area contributed by atoms with Crippen LogP contribution in [0.4, 0.5) is 15.9 Å². The first-order valence-electron chi connectivity index (χ1n) is 6.48. The highest BCUT2D eigenvalue weighted by Gasteiger charge is 2.29. The molecule has 0 aliphatic carbocycles. The molecule has 0 aromatic carbocycles. The van der Waals surface area contributed by atoms with Crippen molar-refractivity contribution in [2.45, 2.75) is 25.8 Å². The molecule has 0 spiro atoms. The number of aromatic nitrogens is 1. The first-order valence-corrected chi connectivity index (χ1v) is 6.48. The van der Waals surface area contributed by atoms with Gasteiger partial charge >= 0.3 is 0 Å². The van der Waals surface area contributed by atoms with Crippen molar-refractivity contribution in [1.29, 1.82) is 0 Å². The van der Waals surface area contributed by atoms with Gasteiger partial charge in [-0.25, -0.2) is 4.98 Å².